The molecule has 106 valence electrons. The van der Waals surface area contributed by atoms with Gasteiger partial charge >= 0.3 is 0 Å². The smallest absolute Gasteiger partial charge is 0.224 e. The number of rotatable bonds is 4. The summed E-state index contributed by atoms with van der Waals surface area (Å²) in [6, 6.07) is 9.86. The molecule has 0 saturated heterocycles. The summed E-state index contributed by atoms with van der Waals surface area (Å²) in [5.74, 6) is -0.337. The Morgan fingerprint density at radius 1 is 1.19 bits per heavy atom. The average Bonchev–Trinajstić information content (AvgIpc) is 2.94. The lowest BCUT2D eigenvalue weighted by molar-refractivity contribution is -0.116. The molecule has 1 amide bonds. The van der Waals surface area contributed by atoms with E-state index in [2.05, 4.69) is 10.3 Å². The number of carbonyl (C=O) groups is 1. The zero-order chi connectivity index (χ0) is 14.7. The minimum absolute atomic E-state index is 0.0706. The van der Waals surface area contributed by atoms with Crippen molar-refractivity contribution in [3.05, 3.63) is 66.4 Å². The molecule has 0 fully saturated rings. The first-order valence-electron chi connectivity index (χ1n) is 6.68. The molecule has 0 spiro atoms. The molecule has 0 radical (unpaired) electrons. The quantitative estimate of drug-likeness (QED) is 0.800. The Morgan fingerprint density at radius 3 is 2.81 bits per heavy atom. The Bertz CT molecular complexity index is 765. The Labute approximate surface area is 121 Å². The summed E-state index contributed by atoms with van der Waals surface area (Å²) in [7, 11) is 0. The fourth-order valence-corrected chi connectivity index (χ4v) is 2.13. The summed E-state index contributed by atoms with van der Waals surface area (Å²) < 4.78 is 14.6. The number of aryl methyl sites for hydroxylation is 1. The number of aromatic nitrogens is 2. The number of benzene rings is 1. The maximum absolute atomic E-state index is 12.8. The van der Waals surface area contributed by atoms with Crippen molar-refractivity contribution in [3.63, 3.8) is 0 Å². The van der Waals surface area contributed by atoms with Crippen LogP contribution in [0.25, 0.3) is 5.65 Å². The molecule has 2 aromatic heterocycles. The van der Waals surface area contributed by atoms with Crippen LogP contribution in [0.4, 0.5) is 10.1 Å². The Kier molecular flexibility index (Phi) is 3.64. The predicted molar refractivity (Wildman–Crippen MR) is 78.5 cm³/mol. The molecular weight excluding hydrogens is 269 g/mol. The highest BCUT2D eigenvalue weighted by molar-refractivity contribution is 5.90. The average molecular weight is 283 g/mol. The van der Waals surface area contributed by atoms with E-state index in [0.717, 1.165) is 16.9 Å². The molecule has 0 atom stereocenters. The van der Waals surface area contributed by atoms with Gasteiger partial charge in [-0.25, -0.2) is 9.37 Å². The van der Waals surface area contributed by atoms with Crippen molar-refractivity contribution in [1.82, 2.24) is 9.38 Å². The van der Waals surface area contributed by atoms with E-state index in [-0.39, 0.29) is 11.7 Å². The second kappa shape index (κ2) is 5.75. The Hall–Kier alpha value is -2.69. The van der Waals surface area contributed by atoms with E-state index < -0.39 is 0 Å². The number of anilines is 1. The van der Waals surface area contributed by atoms with Crippen molar-refractivity contribution in [2.45, 2.75) is 12.8 Å². The monoisotopic (exact) mass is 283 g/mol. The Balaban J connectivity index is 1.59. The SMILES string of the molecule is O=C(CCc1ccc(F)cc1)Nc1ccc2nccn2c1. The van der Waals surface area contributed by atoms with Gasteiger partial charge in [-0.15, -0.1) is 0 Å². The lowest BCUT2D eigenvalue weighted by atomic mass is 10.1. The predicted octanol–water partition coefficient (Wildman–Crippen LogP) is 3.04. The van der Waals surface area contributed by atoms with Crippen LogP contribution >= 0.6 is 0 Å². The van der Waals surface area contributed by atoms with E-state index in [1.165, 1.54) is 12.1 Å². The number of hydrogen-bond acceptors (Lipinski definition) is 2. The number of nitrogens with one attached hydrogen (secondary N) is 1. The summed E-state index contributed by atoms with van der Waals surface area (Å²) in [4.78, 5) is 16.1. The van der Waals surface area contributed by atoms with Gasteiger partial charge in [-0.3, -0.25) is 4.79 Å². The first-order chi connectivity index (χ1) is 10.2. The van der Waals surface area contributed by atoms with E-state index in [1.807, 2.05) is 28.9 Å². The molecule has 2 heterocycles. The second-order valence-corrected chi connectivity index (χ2v) is 4.79. The maximum Gasteiger partial charge on any atom is 0.224 e. The van der Waals surface area contributed by atoms with Gasteiger partial charge in [0.25, 0.3) is 0 Å². The van der Waals surface area contributed by atoms with Crippen molar-refractivity contribution < 1.29 is 9.18 Å². The number of pyridine rings is 1. The molecule has 21 heavy (non-hydrogen) atoms. The molecule has 1 N–H and O–H groups in total. The highest BCUT2D eigenvalue weighted by Crippen LogP contribution is 2.11. The highest BCUT2D eigenvalue weighted by Gasteiger charge is 2.04. The van der Waals surface area contributed by atoms with Crippen molar-refractivity contribution in [2.24, 2.45) is 0 Å². The second-order valence-electron chi connectivity index (χ2n) is 4.79. The van der Waals surface area contributed by atoms with Gasteiger partial charge in [-0.05, 0) is 36.2 Å². The fourth-order valence-electron chi connectivity index (χ4n) is 2.13. The van der Waals surface area contributed by atoms with Crippen LogP contribution in [-0.4, -0.2) is 15.3 Å². The molecule has 0 saturated carbocycles. The van der Waals surface area contributed by atoms with E-state index in [0.29, 0.717) is 12.8 Å². The van der Waals surface area contributed by atoms with Gasteiger partial charge in [0.15, 0.2) is 0 Å². The lowest BCUT2D eigenvalue weighted by Gasteiger charge is -2.06. The molecule has 0 aliphatic carbocycles. The van der Waals surface area contributed by atoms with Gasteiger partial charge in [-0.2, -0.15) is 0 Å². The summed E-state index contributed by atoms with van der Waals surface area (Å²) in [5.41, 5.74) is 2.50. The van der Waals surface area contributed by atoms with Crippen LogP contribution in [0.3, 0.4) is 0 Å². The van der Waals surface area contributed by atoms with Crippen LogP contribution in [0, 0.1) is 5.82 Å². The molecule has 4 nitrogen and oxygen atoms in total. The molecule has 0 bridgehead atoms. The summed E-state index contributed by atoms with van der Waals surface area (Å²) in [5, 5.41) is 2.84. The Morgan fingerprint density at radius 2 is 2.00 bits per heavy atom. The van der Waals surface area contributed by atoms with Crippen molar-refractivity contribution in [3.8, 4) is 0 Å². The zero-order valence-electron chi connectivity index (χ0n) is 11.3. The largest absolute Gasteiger partial charge is 0.325 e. The molecule has 0 aliphatic rings. The third kappa shape index (κ3) is 3.25. The minimum atomic E-state index is -0.267. The van der Waals surface area contributed by atoms with Gasteiger partial charge < -0.3 is 9.72 Å². The van der Waals surface area contributed by atoms with Gasteiger partial charge in [0, 0.05) is 25.0 Å². The van der Waals surface area contributed by atoms with Gasteiger partial charge in [0.05, 0.1) is 5.69 Å². The number of nitrogens with zero attached hydrogens (tertiary/aromatic N) is 2. The van der Waals surface area contributed by atoms with Crippen molar-refractivity contribution in [2.75, 3.05) is 5.32 Å². The maximum atomic E-state index is 12.8. The highest BCUT2D eigenvalue weighted by atomic mass is 19.1. The van der Waals surface area contributed by atoms with Crippen LogP contribution in [0.5, 0.6) is 0 Å². The van der Waals surface area contributed by atoms with Gasteiger partial charge in [-0.1, -0.05) is 12.1 Å². The number of halogens is 1. The normalized spacial score (nSPS) is 10.7. The van der Waals surface area contributed by atoms with Crippen LogP contribution in [0.1, 0.15) is 12.0 Å². The summed E-state index contributed by atoms with van der Waals surface area (Å²) in [6.45, 7) is 0. The van der Waals surface area contributed by atoms with E-state index in [1.54, 1.807) is 18.3 Å². The fraction of sp³-hybridized carbons (Fsp3) is 0.125. The van der Waals surface area contributed by atoms with Crippen LogP contribution < -0.4 is 5.32 Å². The molecule has 0 unspecified atom stereocenters. The van der Waals surface area contributed by atoms with Crippen LogP contribution in [0.2, 0.25) is 0 Å². The van der Waals surface area contributed by atoms with E-state index in [9.17, 15) is 9.18 Å². The molecule has 0 aliphatic heterocycles. The third-order valence-electron chi connectivity index (χ3n) is 3.23. The first kappa shape index (κ1) is 13.3. The summed E-state index contributed by atoms with van der Waals surface area (Å²) in [6.07, 6.45) is 6.28. The lowest BCUT2D eigenvalue weighted by Crippen LogP contribution is -2.12. The molecule has 3 aromatic rings. The van der Waals surface area contributed by atoms with Crippen LogP contribution in [-0.2, 0) is 11.2 Å². The molecular formula is C16H14FN3O. The van der Waals surface area contributed by atoms with Crippen molar-refractivity contribution >= 4 is 17.2 Å². The zero-order valence-corrected chi connectivity index (χ0v) is 11.3. The summed E-state index contributed by atoms with van der Waals surface area (Å²) >= 11 is 0. The number of amides is 1. The minimum Gasteiger partial charge on any atom is -0.325 e. The number of hydrogen-bond donors (Lipinski definition) is 1. The molecule has 1 aromatic carbocycles. The van der Waals surface area contributed by atoms with Crippen LogP contribution in [0.15, 0.2) is 55.0 Å². The number of carbonyl (C=O) groups excluding carboxylic acids is 1. The van der Waals surface area contributed by atoms with E-state index >= 15 is 0 Å². The number of fused-ring (bicyclic) bond motifs is 1. The molecule has 3 rings (SSSR count). The standard InChI is InChI=1S/C16H14FN3O/c17-13-4-1-12(2-5-13)3-8-16(21)19-14-6-7-15-18-9-10-20(15)11-14/h1-2,4-7,9-11H,3,8H2,(H,19,21). The topological polar surface area (TPSA) is 46.4 Å². The van der Waals surface area contributed by atoms with Crippen molar-refractivity contribution in [1.29, 1.82) is 0 Å². The van der Waals surface area contributed by atoms with Gasteiger partial charge in [0.2, 0.25) is 5.91 Å². The third-order valence-corrected chi connectivity index (χ3v) is 3.23. The molecule has 5 heteroatoms. The first-order valence-corrected chi connectivity index (χ1v) is 6.68. The number of imidazole rings is 1. The van der Waals surface area contributed by atoms with E-state index in [4.69, 9.17) is 0 Å². The van der Waals surface area contributed by atoms with Gasteiger partial charge in [0.1, 0.15) is 11.5 Å².